The molecule has 1 heterocycles. The van der Waals surface area contributed by atoms with Crippen LogP contribution in [0.15, 0.2) is 72.3 Å². The van der Waals surface area contributed by atoms with Gasteiger partial charge in [-0.1, -0.05) is 41.4 Å². The minimum atomic E-state index is -0.917. The van der Waals surface area contributed by atoms with Gasteiger partial charge < -0.3 is 14.6 Å². The number of carbonyl (C=O) groups is 2. The molecule has 0 aliphatic carbocycles. The average Bonchev–Trinajstić information content (AvgIpc) is 3.09. The van der Waals surface area contributed by atoms with Gasteiger partial charge in [0, 0.05) is 16.3 Å². The second kappa shape index (κ2) is 9.79. The molecule has 1 fully saturated rings. The first-order chi connectivity index (χ1) is 16.3. The number of amides is 1. The van der Waals surface area contributed by atoms with Crippen LogP contribution in [-0.2, 0) is 9.59 Å². The van der Waals surface area contributed by atoms with Crippen LogP contribution in [0.2, 0.25) is 10.0 Å². The number of halogens is 2. The Morgan fingerprint density at radius 3 is 2.47 bits per heavy atom. The third-order valence-corrected chi connectivity index (χ3v) is 5.97. The van der Waals surface area contributed by atoms with Gasteiger partial charge in [0.15, 0.2) is 0 Å². The smallest absolute Gasteiger partial charge is 0.300 e. The molecule has 0 saturated carbocycles. The molecule has 0 bridgehead atoms. The van der Waals surface area contributed by atoms with Crippen molar-refractivity contribution in [3.63, 3.8) is 0 Å². The first-order valence-electron chi connectivity index (χ1n) is 10.5. The lowest BCUT2D eigenvalue weighted by Crippen LogP contribution is -2.29. The van der Waals surface area contributed by atoms with E-state index < -0.39 is 17.7 Å². The van der Waals surface area contributed by atoms with Crippen LogP contribution in [0.1, 0.15) is 24.1 Å². The molecule has 3 aromatic carbocycles. The fourth-order valence-corrected chi connectivity index (χ4v) is 4.39. The van der Waals surface area contributed by atoms with Crippen molar-refractivity contribution in [2.75, 3.05) is 18.6 Å². The molecule has 1 N–H and O–H groups in total. The molecule has 1 atom stereocenters. The standard InChI is InChI=1S/C26H21Cl2NO5/c1-3-34-19-9-4-6-15(12-19)23-22(24(30)16-10-11-21(33-2)20(28)13-16)25(31)26(32)29(23)18-8-5-7-17(27)14-18/h4-14,23,30H,3H2,1-2H3/b24-22+. The summed E-state index contributed by atoms with van der Waals surface area (Å²) in [6.07, 6.45) is 0. The van der Waals surface area contributed by atoms with Gasteiger partial charge in [-0.3, -0.25) is 14.5 Å². The summed E-state index contributed by atoms with van der Waals surface area (Å²) in [7, 11) is 1.47. The number of Topliss-reactive ketones (excluding diaryl/α,β-unsaturated/α-hetero) is 1. The molecule has 0 radical (unpaired) electrons. The molecule has 0 aromatic heterocycles. The molecule has 4 rings (SSSR count). The van der Waals surface area contributed by atoms with E-state index in [1.807, 2.05) is 6.92 Å². The lowest BCUT2D eigenvalue weighted by atomic mass is 9.95. The number of benzene rings is 3. The normalized spacial score (nSPS) is 17.2. The summed E-state index contributed by atoms with van der Waals surface area (Å²) in [5.74, 6) is -0.964. The van der Waals surface area contributed by atoms with Crippen LogP contribution in [0, 0.1) is 0 Å². The summed E-state index contributed by atoms with van der Waals surface area (Å²) in [4.78, 5) is 27.8. The van der Waals surface area contributed by atoms with Gasteiger partial charge in [0.1, 0.15) is 17.3 Å². The number of anilines is 1. The predicted molar refractivity (Wildman–Crippen MR) is 132 cm³/mol. The molecule has 1 amide bonds. The van der Waals surface area contributed by atoms with E-state index in [2.05, 4.69) is 0 Å². The van der Waals surface area contributed by atoms with E-state index in [1.54, 1.807) is 60.7 Å². The van der Waals surface area contributed by atoms with Crippen molar-refractivity contribution in [3.8, 4) is 11.5 Å². The van der Waals surface area contributed by atoms with Crippen LogP contribution in [-0.4, -0.2) is 30.5 Å². The molecule has 1 aliphatic rings. The highest BCUT2D eigenvalue weighted by molar-refractivity contribution is 6.52. The van der Waals surface area contributed by atoms with Crippen molar-refractivity contribution in [1.29, 1.82) is 0 Å². The van der Waals surface area contributed by atoms with Crippen molar-refractivity contribution in [2.24, 2.45) is 0 Å². The van der Waals surface area contributed by atoms with Gasteiger partial charge >= 0.3 is 0 Å². The number of hydrogen-bond donors (Lipinski definition) is 1. The molecule has 1 unspecified atom stereocenters. The number of rotatable bonds is 6. The largest absolute Gasteiger partial charge is 0.507 e. The first-order valence-corrected chi connectivity index (χ1v) is 11.2. The number of hydrogen-bond acceptors (Lipinski definition) is 5. The number of carbonyl (C=O) groups excluding carboxylic acids is 2. The first kappa shape index (κ1) is 23.7. The molecule has 0 spiro atoms. The molecule has 174 valence electrons. The zero-order chi connectivity index (χ0) is 24.4. The Hall–Kier alpha value is -3.48. The SMILES string of the molecule is CCOc1cccc(C2/C(=C(\O)c3ccc(OC)c(Cl)c3)C(=O)C(=O)N2c2cccc(Cl)c2)c1. The molecule has 6 nitrogen and oxygen atoms in total. The van der Waals surface area contributed by atoms with Crippen LogP contribution < -0.4 is 14.4 Å². The zero-order valence-corrected chi connectivity index (χ0v) is 19.9. The summed E-state index contributed by atoms with van der Waals surface area (Å²) < 4.78 is 10.8. The van der Waals surface area contributed by atoms with Crippen LogP contribution in [0.5, 0.6) is 11.5 Å². The average molecular weight is 498 g/mol. The van der Waals surface area contributed by atoms with E-state index in [0.717, 1.165) is 0 Å². The molecule has 1 saturated heterocycles. The minimum absolute atomic E-state index is 0.0696. The molecular formula is C26H21Cl2NO5. The van der Waals surface area contributed by atoms with Crippen molar-refractivity contribution < 1.29 is 24.2 Å². The van der Waals surface area contributed by atoms with Crippen LogP contribution in [0.25, 0.3) is 5.76 Å². The third kappa shape index (κ3) is 4.34. The van der Waals surface area contributed by atoms with Gasteiger partial charge in [0.05, 0.1) is 30.4 Å². The lowest BCUT2D eigenvalue weighted by Gasteiger charge is -2.26. The Morgan fingerprint density at radius 1 is 1.03 bits per heavy atom. The molecule has 8 heteroatoms. The van der Waals surface area contributed by atoms with Crippen molar-refractivity contribution in [2.45, 2.75) is 13.0 Å². The number of methoxy groups -OCH3 is 1. The van der Waals surface area contributed by atoms with Crippen molar-refractivity contribution in [3.05, 3.63) is 93.5 Å². The summed E-state index contributed by atoms with van der Waals surface area (Å²) in [6.45, 7) is 2.31. The fraction of sp³-hybridized carbons (Fsp3) is 0.154. The second-order valence-corrected chi connectivity index (χ2v) is 8.35. The Kier molecular flexibility index (Phi) is 6.82. The van der Waals surface area contributed by atoms with Crippen molar-refractivity contribution in [1.82, 2.24) is 0 Å². The van der Waals surface area contributed by atoms with Gasteiger partial charge in [-0.05, 0) is 61.0 Å². The van der Waals surface area contributed by atoms with Gasteiger partial charge in [-0.2, -0.15) is 0 Å². The van der Waals surface area contributed by atoms with E-state index in [1.165, 1.54) is 18.1 Å². The molecule has 1 aliphatic heterocycles. The zero-order valence-electron chi connectivity index (χ0n) is 18.4. The maximum Gasteiger partial charge on any atom is 0.300 e. The minimum Gasteiger partial charge on any atom is -0.507 e. The van der Waals surface area contributed by atoms with Gasteiger partial charge in [0.25, 0.3) is 11.7 Å². The number of aliphatic hydroxyl groups excluding tert-OH is 1. The maximum absolute atomic E-state index is 13.3. The highest BCUT2D eigenvalue weighted by atomic mass is 35.5. The summed E-state index contributed by atoms with van der Waals surface area (Å²) in [6, 6.07) is 17.4. The lowest BCUT2D eigenvalue weighted by molar-refractivity contribution is -0.132. The highest BCUT2D eigenvalue weighted by Gasteiger charge is 2.47. The number of ether oxygens (including phenoxy) is 2. The molecule has 3 aromatic rings. The second-order valence-electron chi connectivity index (χ2n) is 7.50. The van der Waals surface area contributed by atoms with Gasteiger partial charge in [0.2, 0.25) is 0 Å². The number of aliphatic hydroxyl groups is 1. The van der Waals surface area contributed by atoms with Gasteiger partial charge in [-0.25, -0.2) is 0 Å². The molecule has 34 heavy (non-hydrogen) atoms. The van der Waals surface area contributed by atoms with E-state index in [0.29, 0.717) is 34.4 Å². The Labute approximate surface area is 206 Å². The van der Waals surface area contributed by atoms with E-state index in [4.69, 9.17) is 32.7 Å². The van der Waals surface area contributed by atoms with Crippen LogP contribution in [0.4, 0.5) is 5.69 Å². The number of nitrogens with zero attached hydrogens (tertiary/aromatic N) is 1. The Balaban J connectivity index is 1.94. The third-order valence-electron chi connectivity index (χ3n) is 5.44. The highest BCUT2D eigenvalue weighted by Crippen LogP contribution is 2.43. The molecular weight excluding hydrogens is 477 g/mol. The summed E-state index contributed by atoms with van der Waals surface area (Å²) >= 11 is 12.4. The van der Waals surface area contributed by atoms with E-state index in [9.17, 15) is 14.7 Å². The van der Waals surface area contributed by atoms with E-state index in [-0.39, 0.29) is 21.9 Å². The fourth-order valence-electron chi connectivity index (χ4n) is 3.95. The summed E-state index contributed by atoms with van der Waals surface area (Å²) in [5, 5.41) is 11.9. The Bertz CT molecular complexity index is 1300. The van der Waals surface area contributed by atoms with E-state index >= 15 is 0 Å². The predicted octanol–water partition coefficient (Wildman–Crippen LogP) is 6.03. The maximum atomic E-state index is 13.3. The van der Waals surface area contributed by atoms with Crippen LogP contribution in [0.3, 0.4) is 0 Å². The monoisotopic (exact) mass is 497 g/mol. The quantitative estimate of drug-likeness (QED) is 0.255. The topological polar surface area (TPSA) is 76.1 Å². The Morgan fingerprint density at radius 2 is 1.79 bits per heavy atom. The van der Waals surface area contributed by atoms with Crippen molar-refractivity contribution >= 4 is 46.3 Å². The summed E-state index contributed by atoms with van der Waals surface area (Å²) in [5.41, 5.74) is 1.22. The van der Waals surface area contributed by atoms with Gasteiger partial charge in [-0.15, -0.1) is 0 Å². The number of ketones is 1. The van der Waals surface area contributed by atoms with Crippen LogP contribution >= 0.6 is 23.2 Å².